The van der Waals surface area contributed by atoms with Crippen molar-refractivity contribution in [2.45, 2.75) is 39.0 Å². The van der Waals surface area contributed by atoms with Crippen LogP contribution in [-0.2, 0) is 9.59 Å². The number of Topliss-reactive ketones (excluding diaryl/α,β-unsaturated/α-hetero) is 1. The van der Waals surface area contributed by atoms with Gasteiger partial charge in [0.2, 0.25) is 0 Å². The maximum absolute atomic E-state index is 11.7. The van der Waals surface area contributed by atoms with Crippen molar-refractivity contribution < 1.29 is 19.8 Å². The summed E-state index contributed by atoms with van der Waals surface area (Å²) in [4.78, 5) is 26.1. The van der Waals surface area contributed by atoms with Gasteiger partial charge in [0.1, 0.15) is 12.3 Å². The number of rotatable bonds is 4. The number of hydrogen-bond acceptors (Lipinski definition) is 4. The molecule has 5 heteroatoms. The van der Waals surface area contributed by atoms with Gasteiger partial charge in [-0.3, -0.25) is 14.6 Å². The van der Waals surface area contributed by atoms with Crippen LogP contribution in [0.15, 0.2) is 16.3 Å². The third-order valence-corrected chi connectivity index (χ3v) is 2.57. The molecular weight excluding hydrogens is 222 g/mol. The summed E-state index contributed by atoms with van der Waals surface area (Å²) in [6, 6.07) is 0. The number of aliphatic imine (C=N–C) groups is 1. The molecule has 0 saturated heterocycles. The Morgan fingerprint density at radius 2 is 2.06 bits per heavy atom. The molecule has 0 atom stereocenters. The van der Waals surface area contributed by atoms with E-state index in [1.807, 2.05) is 6.92 Å². The number of ketones is 1. The number of carbonyl (C=O) groups excluding carboxylic acids is 1. The highest BCUT2D eigenvalue weighted by molar-refractivity contribution is 6.24. The first-order chi connectivity index (χ1) is 8.06. The Labute approximate surface area is 99.9 Å². The lowest BCUT2D eigenvalue weighted by Crippen LogP contribution is -2.22. The van der Waals surface area contributed by atoms with Gasteiger partial charge in [0, 0.05) is 18.6 Å². The van der Waals surface area contributed by atoms with Crippen LogP contribution in [0.3, 0.4) is 0 Å². The predicted molar refractivity (Wildman–Crippen MR) is 63.4 cm³/mol. The molecule has 0 aromatic heterocycles. The van der Waals surface area contributed by atoms with Crippen molar-refractivity contribution in [2.75, 3.05) is 6.54 Å². The number of hydrogen-bond donors (Lipinski definition) is 2. The highest BCUT2D eigenvalue weighted by Crippen LogP contribution is 2.22. The third kappa shape index (κ3) is 3.69. The van der Waals surface area contributed by atoms with Gasteiger partial charge in [-0.2, -0.15) is 0 Å². The molecule has 0 aliphatic heterocycles. The van der Waals surface area contributed by atoms with Gasteiger partial charge in [0.25, 0.3) is 0 Å². The Kier molecular flexibility index (Phi) is 4.87. The van der Waals surface area contributed by atoms with E-state index < -0.39 is 5.97 Å². The summed E-state index contributed by atoms with van der Waals surface area (Å²) in [5.41, 5.74) is 0.689. The second kappa shape index (κ2) is 6.18. The number of aliphatic hydroxyl groups is 1. The van der Waals surface area contributed by atoms with Crippen molar-refractivity contribution in [3.05, 3.63) is 11.3 Å². The largest absolute Gasteiger partial charge is 0.511 e. The zero-order valence-electron chi connectivity index (χ0n) is 9.90. The minimum atomic E-state index is -1.04. The fourth-order valence-corrected chi connectivity index (χ4v) is 1.84. The first kappa shape index (κ1) is 13.4. The predicted octanol–water partition coefficient (Wildman–Crippen LogP) is 1.88. The van der Waals surface area contributed by atoms with Gasteiger partial charge in [-0.25, -0.2) is 0 Å². The molecule has 1 rings (SSSR count). The van der Waals surface area contributed by atoms with Gasteiger partial charge in [0.15, 0.2) is 5.78 Å². The maximum Gasteiger partial charge on any atom is 0.325 e. The maximum atomic E-state index is 11.7. The monoisotopic (exact) mass is 239 g/mol. The van der Waals surface area contributed by atoms with Crippen LogP contribution in [0.1, 0.15) is 39.0 Å². The fraction of sp³-hybridized carbons (Fsp3) is 0.583. The van der Waals surface area contributed by atoms with Crippen LogP contribution in [0, 0.1) is 0 Å². The van der Waals surface area contributed by atoms with E-state index >= 15 is 0 Å². The van der Waals surface area contributed by atoms with Crippen LogP contribution in [0.4, 0.5) is 0 Å². The molecule has 0 radical (unpaired) electrons. The molecule has 17 heavy (non-hydrogen) atoms. The summed E-state index contributed by atoms with van der Waals surface area (Å²) in [6.45, 7) is 1.55. The molecule has 0 heterocycles. The molecule has 1 aliphatic carbocycles. The van der Waals surface area contributed by atoms with Crippen molar-refractivity contribution in [3.63, 3.8) is 0 Å². The van der Waals surface area contributed by atoms with E-state index in [-0.39, 0.29) is 23.7 Å². The van der Waals surface area contributed by atoms with Crippen LogP contribution >= 0.6 is 0 Å². The smallest absolute Gasteiger partial charge is 0.325 e. The molecule has 0 aromatic carbocycles. The zero-order valence-corrected chi connectivity index (χ0v) is 9.90. The first-order valence-corrected chi connectivity index (χ1v) is 5.77. The number of carboxylic acid groups (broad SMARTS) is 1. The summed E-state index contributed by atoms with van der Waals surface area (Å²) in [7, 11) is 0. The lowest BCUT2D eigenvalue weighted by atomic mass is 9.89. The molecule has 5 nitrogen and oxygen atoms in total. The van der Waals surface area contributed by atoms with Crippen LogP contribution in [0.5, 0.6) is 0 Å². The number of allylic oxidation sites excluding steroid dienone is 2. The average molecular weight is 239 g/mol. The van der Waals surface area contributed by atoms with Crippen LogP contribution in [0.25, 0.3) is 0 Å². The minimum Gasteiger partial charge on any atom is -0.511 e. The summed E-state index contributed by atoms with van der Waals surface area (Å²) < 4.78 is 0. The Bertz CT molecular complexity index is 382. The van der Waals surface area contributed by atoms with Gasteiger partial charge >= 0.3 is 5.97 Å². The molecule has 0 spiro atoms. The second-order valence-corrected chi connectivity index (χ2v) is 4.01. The average Bonchev–Trinajstić information content (AvgIpc) is 2.26. The third-order valence-electron chi connectivity index (χ3n) is 2.57. The summed E-state index contributed by atoms with van der Waals surface area (Å²) in [5, 5.41) is 18.4. The Balaban J connectivity index is 3.00. The standard InChI is InChI=1S/C12H17NO4/c1-2-4-9(14)12-8(13-7-11(16)17)5-3-6-10(12)15/h14H,2-7H2,1H3,(H,16,17)/b12-9-,13-8?. The molecule has 1 fully saturated rings. The second-order valence-electron chi connectivity index (χ2n) is 4.01. The van der Waals surface area contributed by atoms with Crippen molar-refractivity contribution in [1.82, 2.24) is 0 Å². The summed E-state index contributed by atoms with van der Waals surface area (Å²) >= 11 is 0. The molecule has 1 aliphatic rings. The minimum absolute atomic E-state index is 0.0429. The molecule has 0 bridgehead atoms. The SMILES string of the molecule is CCC/C(O)=C1/C(=O)CCCC1=NCC(=O)O. The van der Waals surface area contributed by atoms with Gasteiger partial charge in [0.05, 0.1) is 5.57 Å². The molecule has 0 amide bonds. The quantitative estimate of drug-likeness (QED) is 0.579. The Morgan fingerprint density at radius 3 is 2.65 bits per heavy atom. The van der Waals surface area contributed by atoms with Gasteiger partial charge in [-0.05, 0) is 19.3 Å². The summed E-state index contributed by atoms with van der Waals surface area (Å²) in [5.74, 6) is -1.13. The van der Waals surface area contributed by atoms with E-state index in [4.69, 9.17) is 5.11 Å². The van der Waals surface area contributed by atoms with Crippen LogP contribution in [0.2, 0.25) is 0 Å². The van der Waals surface area contributed by atoms with Crippen molar-refractivity contribution >= 4 is 17.5 Å². The van der Waals surface area contributed by atoms with E-state index in [1.54, 1.807) is 0 Å². The van der Waals surface area contributed by atoms with E-state index in [1.165, 1.54) is 0 Å². The molecule has 2 N–H and O–H groups in total. The normalized spacial score (nSPS) is 21.7. The highest BCUT2D eigenvalue weighted by Gasteiger charge is 2.25. The lowest BCUT2D eigenvalue weighted by molar-refractivity contribution is -0.135. The topological polar surface area (TPSA) is 87.0 Å². The van der Waals surface area contributed by atoms with Crippen molar-refractivity contribution in [3.8, 4) is 0 Å². The molecule has 0 unspecified atom stereocenters. The lowest BCUT2D eigenvalue weighted by Gasteiger charge is -2.17. The van der Waals surface area contributed by atoms with E-state index in [2.05, 4.69) is 4.99 Å². The van der Waals surface area contributed by atoms with Gasteiger partial charge < -0.3 is 10.2 Å². The Hall–Kier alpha value is -1.65. The zero-order chi connectivity index (χ0) is 12.8. The molecule has 0 aromatic rings. The first-order valence-electron chi connectivity index (χ1n) is 5.77. The molecule has 94 valence electrons. The molecular formula is C12H17NO4. The number of aliphatic carboxylic acids is 1. The Morgan fingerprint density at radius 1 is 1.35 bits per heavy atom. The van der Waals surface area contributed by atoms with Crippen molar-refractivity contribution in [2.24, 2.45) is 4.99 Å². The van der Waals surface area contributed by atoms with E-state index in [9.17, 15) is 14.7 Å². The van der Waals surface area contributed by atoms with Gasteiger partial charge in [-0.15, -0.1) is 0 Å². The number of carboxylic acids is 1. The van der Waals surface area contributed by atoms with Crippen LogP contribution in [-0.4, -0.2) is 34.2 Å². The molecule has 1 saturated carbocycles. The number of carbonyl (C=O) groups is 2. The number of aliphatic hydroxyl groups excluding tert-OH is 1. The number of nitrogens with zero attached hydrogens (tertiary/aromatic N) is 1. The van der Waals surface area contributed by atoms with Crippen LogP contribution < -0.4 is 0 Å². The summed E-state index contributed by atoms with van der Waals surface area (Å²) in [6.07, 6.45) is 2.78. The van der Waals surface area contributed by atoms with Crippen molar-refractivity contribution in [1.29, 1.82) is 0 Å². The fourth-order valence-electron chi connectivity index (χ4n) is 1.84. The highest BCUT2D eigenvalue weighted by atomic mass is 16.4. The van der Waals surface area contributed by atoms with E-state index in [0.29, 0.717) is 31.4 Å². The van der Waals surface area contributed by atoms with Gasteiger partial charge in [-0.1, -0.05) is 6.92 Å². The van der Waals surface area contributed by atoms with E-state index in [0.717, 1.165) is 6.42 Å².